The maximum atomic E-state index is 13.2. The zero-order valence-electron chi connectivity index (χ0n) is 50.4. The van der Waals surface area contributed by atoms with E-state index in [0.717, 1.165) is 31.0 Å². The number of hydrogen-bond donors (Lipinski definition) is 4. The number of aldehydes is 1. The SMILES string of the molecule is C=CC(=O)Nc1cc(N)c(OC)cc1N(C)CCN(C)C.C=CC(=O)Nc1cc(Nc2nccc(C(=O)c3ccc(F)cc3)n2)c(OC)cc1N(C)CCN(C)C.Clc1ccnc(Cl)n1.O=C(c1ccc(F)cc1)c1ccnc(Cl)n1.O=Cc1ccc(F)cc1. The normalized spacial score (nSPS) is 10.2. The molecule has 0 saturated heterocycles. The van der Waals surface area contributed by atoms with Gasteiger partial charge in [0.15, 0.2) is 0 Å². The summed E-state index contributed by atoms with van der Waals surface area (Å²) >= 11 is 16.3. The third-order valence-corrected chi connectivity index (χ3v) is 12.5. The van der Waals surface area contributed by atoms with Crippen LogP contribution in [-0.4, -0.2) is 152 Å². The second kappa shape index (κ2) is 37.1. The number of ketones is 2. The summed E-state index contributed by atoms with van der Waals surface area (Å²) in [5.74, 6) is -1.25. The summed E-state index contributed by atoms with van der Waals surface area (Å²) in [4.78, 5) is 89.7. The minimum Gasteiger partial charge on any atom is -0.495 e. The number of nitrogens with one attached hydrogen (secondary N) is 3. The van der Waals surface area contributed by atoms with Gasteiger partial charge in [-0.25, -0.2) is 43.1 Å². The van der Waals surface area contributed by atoms with Crippen LogP contribution in [0.15, 0.2) is 159 Å². The number of nitrogens with zero attached hydrogens (tertiary/aromatic N) is 10. The molecule has 27 heteroatoms. The van der Waals surface area contributed by atoms with Crippen LogP contribution >= 0.6 is 34.8 Å². The number of likely N-dealkylation sites (N-methyl/N-ethyl adjacent to an activating group) is 4. The fraction of sp³-hybridized carbons (Fsp3) is 0.190. The Morgan fingerprint density at radius 1 is 0.544 bits per heavy atom. The van der Waals surface area contributed by atoms with E-state index in [2.05, 4.69) is 68.8 Å². The van der Waals surface area contributed by atoms with Crippen molar-refractivity contribution in [1.29, 1.82) is 0 Å². The molecule has 0 bridgehead atoms. The number of hydrogen-bond acceptors (Lipinski definition) is 19. The number of carbonyl (C=O) groups excluding carboxylic acids is 5. The van der Waals surface area contributed by atoms with E-state index in [1.165, 1.54) is 123 Å². The number of methoxy groups -OCH3 is 2. The Labute approximate surface area is 534 Å². The molecule has 0 radical (unpaired) electrons. The van der Waals surface area contributed by atoms with E-state index >= 15 is 0 Å². The van der Waals surface area contributed by atoms with Gasteiger partial charge in [0.25, 0.3) is 0 Å². The van der Waals surface area contributed by atoms with E-state index in [0.29, 0.717) is 68.9 Å². The predicted molar refractivity (Wildman–Crippen MR) is 348 cm³/mol. The van der Waals surface area contributed by atoms with Gasteiger partial charge in [0, 0.05) is 87.7 Å². The van der Waals surface area contributed by atoms with Gasteiger partial charge in [0.05, 0.1) is 48.3 Å². The van der Waals surface area contributed by atoms with Gasteiger partial charge in [0.1, 0.15) is 51.8 Å². The maximum Gasteiger partial charge on any atom is 0.247 e. The standard InChI is InChI=1S/C26H29FN6O3.C15H24N4O2.C11H6ClFN2O.C7H5FO.C4H2Cl2N2/c1-6-24(34)29-20-15-21(23(36-5)16-22(20)33(4)14-13-32(2)3)31-26-28-12-11-19(30-26)25(35)17-7-9-18(27)10-8-17;1-6-15(20)17-12-9-11(16)14(21-5)10-13(12)19(4)8-7-18(2)3;12-11-14-6-5-9(15-11)10(16)7-1-3-8(13)4-2-7;8-7-3-1-6(5-9)2-4-7;5-3-1-2-7-4(6)8-3/h6-12,15-16H,1,13-14H2,2-5H3,(H,29,34)(H,28,30,31);6,9-10H,1,7-8,16H2,2-5H3,(H,17,20);1-6H;1-5H;1-2H. The third-order valence-electron chi connectivity index (χ3n) is 11.9. The van der Waals surface area contributed by atoms with Crippen molar-refractivity contribution in [2.75, 3.05) is 114 Å². The van der Waals surface area contributed by atoms with Gasteiger partial charge >= 0.3 is 0 Å². The van der Waals surface area contributed by atoms with Gasteiger partial charge in [-0.05, 0) is 167 Å². The van der Waals surface area contributed by atoms with Crippen LogP contribution in [0.3, 0.4) is 0 Å². The summed E-state index contributed by atoms with van der Waals surface area (Å²) in [6.45, 7) is 10.2. The maximum absolute atomic E-state index is 13.2. The van der Waals surface area contributed by atoms with E-state index in [9.17, 15) is 37.1 Å². The molecule has 3 heterocycles. The molecule has 90 heavy (non-hydrogen) atoms. The van der Waals surface area contributed by atoms with Crippen molar-refractivity contribution < 1.29 is 46.6 Å². The molecular formula is C63H66Cl3F3N14O7. The fourth-order valence-electron chi connectivity index (χ4n) is 7.22. The van der Waals surface area contributed by atoms with Crippen molar-refractivity contribution >= 4 is 105 Å². The quantitative estimate of drug-likeness (QED) is 0.0130. The highest BCUT2D eigenvalue weighted by Crippen LogP contribution is 2.38. The van der Waals surface area contributed by atoms with E-state index in [-0.39, 0.29) is 57.1 Å². The minimum atomic E-state index is -0.432. The van der Waals surface area contributed by atoms with Crippen LogP contribution in [0.5, 0.6) is 11.5 Å². The molecule has 0 aliphatic heterocycles. The topological polar surface area (TPSA) is 256 Å². The van der Waals surface area contributed by atoms with Crippen molar-refractivity contribution in [3.05, 3.63) is 220 Å². The minimum absolute atomic E-state index is 0.00737. The van der Waals surface area contributed by atoms with Gasteiger partial charge < -0.3 is 50.8 Å². The van der Waals surface area contributed by atoms with Crippen LogP contribution in [0.1, 0.15) is 42.5 Å². The molecule has 0 aliphatic carbocycles. The van der Waals surface area contributed by atoms with Crippen molar-refractivity contribution in [1.82, 2.24) is 39.7 Å². The molecule has 0 fully saturated rings. The number of benzene rings is 5. The van der Waals surface area contributed by atoms with Gasteiger partial charge in [-0.15, -0.1) is 0 Å². The molecule has 0 unspecified atom stereocenters. The second-order valence-electron chi connectivity index (χ2n) is 19.1. The van der Waals surface area contributed by atoms with E-state index < -0.39 is 11.6 Å². The zero-order chi connectivity index (χ0) is 66.5. The number of nitrogen functional groups attached to an aromatic ring is 1. The highest BCUT2D eigenvalue weighted by molar-refractivity contribution is 6.31. The number of rotatable bonds is 21. The Morgan fingerprint density at radius 3 is 1.38 bits per heavy atom. The van der Waals surface area contributed by atoms with Gasteiger partial charge in [-0.2, -0.15) is 0 Å². The van der Waals surface area contributed by atoms with Crippen LogP contribution in [0, 0.1) is 17.5 Å². The largest absolute Gasteiger partial charge is 0.495 e. The first-order valence-electron chi connectivity index (χ1n) is 26.7. The molecule has 0 saturated carbocycles. The zero-order valence-corrected chi connectivity index (χ0v) is 52.6. The summed E-state index contributed by atoms with van der Waals surface area (Å²) < 4.78 is 48.8. The van der Waals surface area contributed by atoms with Crippen LogP contribution in [0.25, 0.3) is 0 Å². The summed E-state index contributed by atoms with van der Waals surface area (Å²) in [6.07, 6.45) is 7.43. The molecule has 8 aromatic rings. The Hall–Kier alpha value is -9.85. The Balaban J connectivity index is 0.000000269. The van der Waals surface area contributed by atoms with Crippen LogP contribution in [0.2, 0.25) is 15.7 Å². The molecule has 0 aliphatic rings. The lowest BCUT2D eigenvalue weighted by Crippen LogP contribution is -2.29. The molecular weight excluding hydrogens is 1230 g/mol. The highest BCUT2D eigenvalue weighted by atomic mass is 35.5. The summed E-state index contributed by atoms with van der Waals surface area (Å²) in [7, 11) is 15.0. The molecule has 21 nitrogen and oxygen atoms in total. The number of aromatic nitrogens is 6. The molecule has 0 atom stereocenters. The van der Waals surface area contributed by atoms with Crippen molar-refractivity contribution in [2.24, 2.45) is 0 Å². The lowest BCUT2D eigenvalue weighted by molar-refractivity contribution is -0.112. The number of anilines is 7. The Bertz CT molecular complexity index is 3690. The molecule has 2 amide bonds. The van der Waals surface area contributed by atoms with E-state index in [4.69, 9.17) is 50.0 Å². The van der Waals surface area contributed by atoms with Gasteiger partial charge in [0.2, 0.25) is 39.9 Å². The fourth-order valence-corrected chi connectivity index (χ4v) is 7.69. The summed E-state index contributed by atoms with van der Waals surface area (Å²) in [6, 6.07) is 27.4. The first-order valence-corrected chi connectivity index (χ1v) is 27.8. The van der Waals surface area contributed by atoms with Crippen molar-refractivity contribution in [2.45, 2.75) is 0 Å². The Kier molecular flexibility index (Phi) is 29.9. The molecule has 5 N–H and O–H groups in total. The monoisotopic (exact) mass is 1290 g/mol. The average Bonchev–Trinajstić information content (AvgIpc) is 0.984. The second-order valence-corrected chi connectivity index (χ2v) is 20.2. The molecule has 0 spiro atoms. The van der Waals surface area contributed by atoms with E-state index in [1.807, 2.05) is 58.2 Å². The number of halogens is 6. The average molecular weight is 1290 g/mol. The highest BCUT2D eigenvalue weighted by Gasteiger charge is 2.19. The van der Waals surface area contributed by atoms with Crippen molar-refractivity contribution in [3.8, 4) is 11.5 Å². The molecule has 8 rings (SSSR count). The third kappa shape index (κ3) is 24.4. The summed E-state index contributed by atoms with van der Waals surface area (Å²) in [5, 5.41) is 9.22. The smallest absolute Gasteiger partial charge is 0.247 e. The van der Waals surface area contributed by atoms with Crippen LogP contribution in [0.4, 0.5) is 53.2 Å². The number of carbonyl (C=O) groups is 5. The molecule has 472 valence electrons. The van der Waals surface area contributed by atoms with Gasteiger partial charge in [-0.1, -0.05) is 24.8 Å². The summed E-state index contributed by atoms with van der Waals surface area (Å²) in [5.41, 5.74) is 11.1. The van der Waals surface area contributed by atoms with Crippen LogP contribution in [-0.2, 0) is 9.59 Å². The molecule has 5 aromatic carbocycles. The number of amides is 2. The van der Waals surface area contributed by atoms with E-state index in [1.54, 1.807) is 31.4 Å². The van der Waals surface area contributed by atoms with Crippen LogP contribution < -0.4 is 41.0 Å². The lowest BCUT2D eigenvalue weighted by Gasteiger charge is -2.26. The van der Waals surface area contributed by atoms with Crippen molar-refractivity contribution in [3.63, 3.8) is 0 Å². The lowest BCUT2D eigenvalue weighted by atomic mass is 10.1. The first-order chi connectivity index (χ1) is 42.9. The number of ether oxygens (including phenoxy) is 2. The first kappa shape index (κ1) is 72.6. The molecule has 3 aromatic heterocycles. The Morgan fingerprint density at radius 2 is 0.967 bits per heavy atom. The van der Waals surface area contributed by atoms with Gasteiger partial charge in [-0.3, -0.25) is 24.0 Å². The number of nitrogens with two attached hydrogens (primary N) is 1. The predicted octanol–water partition coefficient (Wildman–Crippen LogP) is 11.0.